The first-order valence-electron chi connectivity index (χ1n) is 11.3. The number of nitrogens with one attached hydrogen (secondary N) is 1. The van der Waals surface area contributed by atoms with Crippen molar-refractivity contribution in [2.24, 2.45) is 0 Å². The largest absolute Gasteiger partial charge is 0.507 e. The monoisotopic (exact) mass is 497 g/mol. The van der Waals surface area contributed by atoms with Crippen molar-refractivity contribution >= 4 is 23.2 Å². The highest BCUT2D eigenvalue weighted by Crippen LogP contribution is 2.47. The van der Waals surface area contributed by atoms with Gasteiger partial charge in [-0.05, 0) is 37.5 Å². The zero-order valence-corrected chi connectivity index (χ0v) is 19.4. The fourth-order valence-electron chi connectivity index (χ4n) is 4.50. The molecule has 0 aliphatic carbocycles. The van der Waals surface area contributed by atoms with Crippen molar-refractivity contribution in [3.05, 3.63) is 59.2 Å². The summed E-state index contributed by atoms with van der Waals surface area (Å²) in [5, 5.41) is 12.7. The molecule has 0 fully saturated rings. The van der Waals surface area contributed by atoms with Gasteiger partial charge < -0.3 is 20.6 Å². The van der Waals surface area contributed by atoms with E-state index < -0.39 is 28.8 Å². The number of nitrogens with zero attached hydrogens (tertiary/aromatic N) is 5. The van der Waals surface area contributed by atoms with Crippen molar-refractivity contribution in [2.75, 3.05) is 11.1 Å². The van der Waals surface area contributed by atoms with Gasteiger partial charge in [-0.15, -0.1) is 0 Å². The Bertz CT molecular complexity index is 1520. The van der Waals surface area contributed by atoms with Crippen LogP contribution in [0.2, 0.25) is 0 Å². The molecule has 1 unspecified atom stereocenters. The highest BCUT2D eigenvalue weighted by atomic mass is 19.4. The predicted octanol–water partition coefficient (Wildman–Crippen LogP) is 4.09. The molecule has 0 saturated carbocycles. The Kier molecular flexibility index (Phi) is 5.34. The summed E-state index contributed by atoms with van der Waals surface area (Å²) in [7, 11) is 0. The number of nitrogen functional groups attached to an aromatic ring is 1. The lowest BCUT2D eigenvalue weighted by Gasteiger charge is -2.24. The number of aromatic nitrogens is 5. The molecule has 0 radical (unpaired) electrons. The smallest absolute Gasteiger partial charge is 0.419 e. The summed E-state index contributed by atoms with van der Waals surface area (Å²) in [6.07, 6.45) is 3.02. The van der Waals surface area contributed by atoms with E-state index >= 15 is 0 Å². The standard InChI is InChI=1S/C24H22F3N7O2/c1-3-4-5-14-21-29-8-9-34(21)11-15(30-14)19-31-18(28)17-20(32-19)33-22(36)23(17,2)12-6-7-13(16(35)10-12)24(25,26)27/h6-11,35H,3-5H2,1-2H3,(H3,28,31,32,33,36). The van der Waals surface area contributed by atoms with Gasteiger partial charge >= 0.3 is 6.18 Å². The number of aromatic hydroxyl groups is 1. The molecule has 1 amide bonds. The van der Waals surface area contributed by atoms with Crippen LogP contribution in [0.1, 0.15) is 49.1 Å². The highest BCUT2D eigenvalue weighted by molar-refractivity contribution is 6.09. The van der Waals surface area contributed by atoms with Gasteiger partial charge in [-0.3, -0.25) is 4.79 Å². The molecule has 36 heavy (non-hydrogen) atoms. The zero-order chi connectivity index (χ0) is 25.8. The van der Waals surface area contributed by atoms with Gasteiger partial charge in [0.2, 0.25) is 5.91 Å². The number of imidazole rings is 1. The van der Waals surface area contributed by atoms with E-state index in [1.807, 2.05) is 4.40 Å². The van der Waals surface area contributed by atoms with Crippen LogP contribution in [0, 0.1) is 0 Å². The Labute approximate surface area is 203 Å². The number of aryl methyl sites for hydroxylation is 1. The lowest BCUT2D eigenvalue weighted by atomic mass is 9.77. The van der Waals surface area contributed by atoms with Crippen LogP contribution < -0.4 is 11.1 Å². The molecule has 0 bridgehead atoms. The Morgan fingerprint density at radius 2 is 2.00 bits per heavy atom. The van der Waals surface area contributed by atoms with E-state index in [-0.39, 0.29) is 28.6 Å². The quantitative estimate of drug-likeness (QED) is 0.378. The lowest BCUT2D eigenvalue weighted by Crippen LogP contribution is -2.33. The molecular weight excluding hydrogens is 475 g/mol. The second kappa shape index (κ2) is 8.18. The molecule has 0 saturated heterocycles. The third-order valence-corrected chi connectivity index (χ3v) is 6.44. The van der Waals surface area contributed by atoms with Gasteiger partial charge in [-0.25, -0.2) is 19.9 Å². The second-order valence-electron chi connectivity index (χ2n) is 8.80. The van der Waals surface area contributed by atoms with Gasteiger partial charge in [-0.1, -0.05) is 19.4 Å². The maximum atomic E-state index is 13.1. The third kappa shape index (κ3) is 3.60. The second-order valence-corrected chi connectivity index (χ2v) is 8.80. The molecule has 5 rings (SSSR count). The molecule has 1 aromatic carbocycles. The van der Waals surface area contributed by atoms with Crippen LogP contribution in [-0.2, 0) is 22.8 Å². The number of fused-ring (bicyclic) bond motifs is 2. The number of carbonyl (C=O) groups excluding carboxylic acids is 1. The number of anilines is 2. The summed E-state index contributed by atoms with van der Waals surface area (Å²) in [5.74, 6) is -1.27. The first kappa shape index (κ1) is 23.5. The Morgan fingerprint density at radius 1 is 1.22 bits per heavy atom. The van der Waals surface area contributed by atoms with Crippen LogP contribution in [0.25, 0.3) is 17.2 Å². The van der Waals surface area contributed by atoms with Crippen molar-refractivity contribution in [2.45, 2.75) is 44.7 Å². The van der Waals surface area contributed by atoms with Crippen molar-refractivity contribution < 1.29 is 23.1 Å². The number of amides is 1. The zero-order valence-electron chi connectivity index (χ0n) is 19.4. The number of nitrogens with two attached hydrogens (primary N) is 1. The van der Waals surface area contributed by atoms with Crippen molar-refractivity contribution in [3.8, 4) is 17.3 Å². The summed E-state index contributed by atoms with van der Waals surface area (Å²) in [6.45, 7) is 3.57. The van der Waals surface area contributed by atoms with Crippen LogP contribution >= 0.6 is 0 Å². The summed E-state index contributed by atoms with van der Waals surface area (Å²) >= 11 is 0. The number of hydrogen-bond donors (Lipinski definition) is 3. The first-order chi connectivity index (χ1) is 17.0. The molecule has 0 spiro atoms. The molecule has 4 aromatic rings. The van der Waals surface area contributed by atoms with Crippen molar-refractivity contribution in [1.29, 1.82) is 0 Å². The fraction of sp³-hybridized carbons (Fsp3) is 0.292. The normalized spacial score (nSPS) is 17.4. The van der Waals surface area contributed by atoms with E-state index in [1.54, 1.807) is 18.6 Å². The summed E-state index contributed by atoms with van der Waals surface area (Å²) < 4.78 is 41.2. The Balaban J connectivity index is 1.61. The minimum atomic E-state index is -4.74. The summed E-state index contributed by atoms with van der Waals surface area (Å²) in [4.78, 5) is 31.0. The lowest BCUT2D eigenvalue weighted by molar-refractivity contribution is -0.138. The van der Waals surface area contributed by atoms with Gasteiger partial charge in [0, 0.05) is 18.6 Å². The molecular formula is C24H22F3N7O2. The number of hydrogen-bond acceptors (Lipinski definition) is 7. The minimum absolute atomic E-state index is 0.0297. The number of unbranched alkanes of at least 4 members (excludes halogenated alkanes) is 1. The summed E-state index contributed by atoms with van der Waals surface area (Å²) in [6, 6.07) is 2.78. The number of alkyl halides is 3. The maximum absolute atomic E-state index is 13.1. The van der Waals surface area contributed by atoms with Crippen LogP contribution in [0.4, 0.5) is 24.8 Å². The highest BCUT2D eigenvalue weighted by Gasteiger charge is 2.48. The van der Waals surface area contributed by atoms with Gasteiger partial charge in [0.25, 0.3) is 0 Å². The number of phenolic OH excluding ortho intramolecular Hbond substituents is 1. The van der Waals surface area contributed by atoms with E-state index in [1.165, 1.54) is 6.92 Å². The van der Waals surface area contributed by atoms with Crippen LogP contribution in [0.5, 0.6) is 5.75 Å². The Morgan fingerprint density at radius 3 is 2.69 bits per heavy atom. The maximum Gasteiger partial charge on any atom is 0.419 e. The van der Waals surface area contributed by atoms with E-state index in [4.69, 9.17) is 5.73 Å². The van der Waals surface area contributed by atoms with Gasteiger partial charge in [0.15, 0.2) is 11.5 Å². The van der Waals surface area contributed by atoms with Gasteiger partial charge in [0.1, 0.15) is 28.5 Å². The molecule has 1 atom stereocenters. The third-order valence-electron chi connectivity index (χ3n) is 6.44. The number of rotatable bonds is 5. The van der Waals surface area contributed by atoms with Crippen molar-refractivity contribution in [3.63, 3.8) is 0 Å². The molecule has 9 nitrogen and oxygen atoms in total. The topological polar surface area (TPSA) is 131 Å². The van der Waals surface area contributed by atoms with Crippen molar-refractivity contribution in [1.82, 2.24) is 24.3 Å². The molecule has 4 N–H and O–H groups in total. The van der Waals surface area contributed by atoms with Crippen LogP contribution in [0.15, 0.2) is 36.8 Å². The van der Waals surface area contributed by atoms with E-state index in [0.717, 1.165) is 42.4 Å². The average Bonchev–Trinajstić information content (AvgIpc) is 3.39. The average molecular weight is 497 g/mol. The Hall–Kier alpha value is -4.22. The first-order valence-corrected chi connectivity index (χ1v) is 11.3. The number of halogens is 3. The predicted molar refractivity (Wildman–Crippen MR) is 125 cm³/mol. The van der Waals surface area contributed by atoms with E-state index in [0.29, 0.717) is 12.1 Å². The van der Waals surface area contributed by atoms with Gasteiger partial charge in [-0.2, -0.15) is 13.2 Å². The molecule has 4 heterocycles. The minimum Gasteiger partial charge on any atom is -0.507 e. The van der Waals surface area contributed by atoms with Crippen LogP contribution in [0.3, 0.4) is 0 Å². The number of carbonyl (C=O) groups is 1. The molecule has 12 heteroatoms. The molecule has 1 aliphatic heterocycles. The fourth-order valence-corrected chi connectivity index (χ4v) is 4.50. The molecule has 3 aromatic heterocycles. The van der Waals surface area contributed by atoms with Crippen LogP contribution in [-0.4, -0.2) is 35.4 Å². The van der Waals surface area contributed by atoms with E-state index in [9.17, 15) is 23.1 Å². The van der Waals surface area contributed by atoms with E-state index in [2.05, 4.69) is 32.2 Å². The van der Waals surface area contributed by atoms with Gasteiger partial charge in [0.05, 0.1) is 16.8 Å². The SMILES string of the molecule is CCCCc1nc(-c2nc(N)c3c(n2)NC(=O)C3(C)c2ccc(C(F)(F)F)c(O)c2)cn2ccnc12. The number of benzene rings is 1. The molecule has 1 aliphatic rings. The summed E-state index contributed by atoms with van der Waals surface area (Å²) in [5.41, 5.74) is 5.84. The molecule has 186 valence electrons. The number of phenols is 1.